The van der Waals surface area contributed by atoms with Gasteiger partial charge in [0.1, 0.15) is 48.8 Å². The molecule has 546 valence electrons. The Kier molecular flexibility index (Phi) is 59.3. The first-order chi connectivity index (χ1) is 45.6. The van der Waals surface area contributed by atoms with Crippen molar-refractivity contribution in [2.24, 2.45) is 0 Å². The van der Waals surface area contributed by atoms with Crippen molar-refractivity contribution in [1.29, 1.82) is 0 Å². The van der Waals surface area contributed by atoms with Crippen LogP contribution in [0, 0.1) is 0 Å². The van der Waals surface area contributed by atoms with Gasteiger partial charge in [-0.25, -0.2) is 0 Å². The summed E-state index contributed by atoms with van der Waals surface area (Å²) < 4.78 is 23.0. The van der Waals surface area contributed by atoms with E-state index in [1.54, 1.807) is 0 Å². The highest BCUT2D eigenvalue weighted by Crippen LogP contribution is 2.30. The van der Waals surface area contributed by atoms with Crippen LogP contribution in [0.1, 0.15) is 354 Å². The first-order valence-electron chi connectivity index (χ1n) is 39.4. The number of aliphatic hydroxyl groups is 8. The van der Waals surface area contributed by atoms with E-state index < -0.39 is 86.8 Å². The molecule has 2 heterocycles. The van der Waals surface area contributed by atoms with E-state index in [2.05, 4.69) is 67.8 Å². The largest absolute Gasteiger partial charge is 0.394 e. The standard InChI is InChI=1S/C79H147NO13/c1-3-5-7-9-11-13-15-17-19-21-23-25-27-29-31-33-35-36-38-40-42-44-46-48-50-52-54-56-58-60-62-68(83)67(66-90-78-76(89)74(87)77(70(65-82)92-78)93-79-75(88)73(86)72(85)69(64-81)91-79)80-71(84)63-61-59-57-55-53-51-49-47-45-43-41-39-37-34-32-30-28-26-24-22-20-18-16-14-12-10-8-6-4-2/h6,8,12,14,18,20,24,26,67-70,72-79,81-83,85-89H,3-5,7,9-11,13,15-17,19,21-23,25,27-66H2,1-2H3,(H,80,84)/b8-6-,14-12-,20-18-,26-24-. The van der Waals surface area contributed by atoms with E-state index in [9.17, 15) is 45.6 Å². The molecule has 9 N–H and O–H groups in total. The highest BCUT2D eigenvalue weighted by atomic mass is 16.7. The van der Waals surface area contributed by atoms with Crippen molar-refractivity contribution < 1.29 is 64.6 Å². The number of carbonyl (C=O) groups is 1. The highest BCUT2D eigenvalue weighted by Gasteiger charge is 2.51. The molecule has 2 aliphatic heterocycles. The Balaban J connectivity index is 1.61. The third-order valence-corrected chi connectivity index (χ3v) is 19.3. The average Bonchev–Trinajstić information content (AvgIpc) is 0.854. The molecule has 14 heteroatoms. The number of hydrogen-bond acceptors (Lipinski definition) is 13. The lowest BCUT2D eigenvalue weighted by Crippen LogP contribution is -2.65. The molecule has 12 unspecified atom stereocenters. The number of amides is 1. The summed E-state index contributed by atoms with van der Waals surface area (Å²) in [6.45, 7) is 2.81. The van der Waals surface area contributed by atoms with Crippen LogP contribution < -0.4 is 5.32 Å². The maximum absolute atomic E-state index is 13.4. The van der Waals surface area contributed by atoms with E-state index in [1.165, 1.54) is 250 Å². The summed E-state index contributed by atoms with van der Waals surface area (Å²) in [5, 5.41) is 87.9. The average molecular weight is 1320 g/mol. The minimum Gasteiger partial charge on any atom is -0.394 e. The molecule has 0 bridgehead atoms. The van der Waals surface area contributed by atoms with E-state index in [-0.39, 0.29) is 12.5 Å². The molecule has 14 nitrogen and oxygen atoms in total. The normalized spacial score (nSPS) is 22.8. The van der Waals surface area contributed by atoms with Crippen LogP contribution in [0.25, 0.3) is 0 Å². The van der Waals surface area contributed by atoms with Crippen LogP contribution in [-0.2, 0) is 23.7 Å². The molecule has 0 aromatic carbocycles. The zero-order valence-electron chi connectivity index (χ0n) is 59.8. The molecule has 2 fully saturated rings. The molecule has 0 aromatic heterocycles. The van der Waals surface area contributed by atoms with Crippen molar-refractivity contribution in [3.05, 3.63) is 48.6 Å². The van der Waals surface area contributed by atoms with E-state index >= 15 is 0 Å². The van der Waals surface area contributed by atoms with Gasteiger partial charge in [0.15, 0.2) is 12.6 Å². The number of aliphatic hydroxyl groups excluding tert-OH is 8. The molecule has 12 atom stereocenters. The minimum atomic E-state index is -1.78. The summed E-state index contributed by atoms with van der Waals surface area (Å²) in [5.41, 5.74) is 0. The van der Waals surface area contributed by atoms with E-state index in [4.69, 9.17) is 18.9 Å². The third kappa shape index (κ3) is 46.8. The molecular formula is C79H147NO13. The summed E-state index contributed by atoms with van der Waals surface area (Å²) in [4.78, 5) is 13.4. The van der Waals surface area contributed by atoms with Gasteiger partial charge in [-0.15, -0.1) is 0 Å². The van der Waals surface area contributed by atoms with Crippen LogP contribution in [0.2, 0.25) is 0 Å². The van der Waals surface area contributed by atoms with Crippen LogP contribution in [0.5, 0.6) is 0 Å². The summed E-state index contributed by atoms with van der Waals surface area (Å²) in [7, 11) is 0. The summed E-state index contributed by atoms with van der Waals surface area (Å²) >= 11 is 0. The second kappa shape index (κ2) is 63.4. The topological polar surface area (TPSA) is 228 Å². The summed E-state index contributed by atoms with van der Waals surface area (Å²) in [6.07, 6.45) is 67.2. The predicted octanol–water partition coefficient (Wildman–Crippen LogP) is 17.4. The number of unbranched alkanes of at least 4 members (excludes halogenated alkanes) is 45. The Labute approximate surface area is 569 Å². The van der Waals surface area contributed by atoms with Crippen LogP contribution in [-0.4, -0.2) is 140 Å². The van der Waals surface area contributed by atoms with E-state index in [0.29, 0.717) is 12.8 Å². The lowest BCUT2D eigenvalue weighted by molar-refractivity contribution is -0.359. The molecule has 2 aliphatic rings. The van der Waals surface area contributed by atoms with Gasteiger partial charge in [-0.3, -0.25) is 4.79 Å². The number of ether oxygens (including phenoxy) is 4. The molecule has 2 rings (SSSR count). The van der Waals surface area contributed by atoms with Crippen molar-refractivity contribution in [3.8, 4) is 0 Å². The fraction of sp³-hybridized carbons (Fsp3) is 0.886. The van der Waals surface area contributed by atoms with Crippen LogP contribution >= 0.6 is 0 Å². The quantitative estimate of drug-likeness (QED) is 0.0204. The smallest absolute Gasteiger partial charge is 0.220 e. The number of carbonyl (C=O) groups excluding carboxylic acids is 1. The number of rotatable bonds is 66. The van der Waals surface area contributed by atoms with Gasteiger partial charge in [0.05, 0.1) is 32.0 Å². The Bertz CT molecular complexity index is 1750. The van der Waals surface area contributed by atoms with Gasteiger partial charge in [-0.2, -0.15) is 0 Å². The molecular weight excluding hydrogens is 1170 g/mol. The van der Waals surface area contributed by atoms with Crippen LogP contribution in [0.3, 0.4) is 0 Å². The van der Waals surface area contributed by atoms with Gasteiger partial charge in [-0.05, 0) is 51.4 Å². The van der Waals surface area contributed by atoms with Gasteiger partial charge in [0.25, 0.3) is 0 Å². The lowest BCUT2D eigenvalue weighted by Gasteiger charge is -2.46. The van der Waals surface area contributed by atoms with Gasteiger partial charge >= 0.3 is 0 Å². The monoisotopic (exact) mass is 1320 g/mol. The van der Waals surface area contributed by atoms with Crippen molar-refractivity contribution >= 4 is 5.91 Å². The second-order valence-corrected chi connectivity index (χ2v) is 27.8. The van der Waals surface area contributed by atoms with Crippen molar-refractivity contribution in [2.45, 2.75) is 428 Å². The molecule has 93 heavy (non-hydrogen) atoms. The van der Waals surface area contributed by atoms with Crippen molar-refractivity contribution in [1.82, 2.24) is 5.32 Å². The number of hydrogen-bond donors (Lipinski definition) is 9. The summed E-state index contributed by atoms with van der Waals surface area (Å²) in [6, 6.07) is -0.831. The zero-order chi connectivity index (χ0) is 67.3. The SMILES string of the molecule is CC/C=C\C/C=C\C/C=C\C/C=C\CCCCCCCCCCCCCCCCCCC(=O)NC(COC1OC(CO)C(OC2OC(CO)C(O)C(O)C2O)C(O)C1O)C(O)CCCCCCCCCCCCCCCCCCCCCCCCCCCCCCCC. The molecule has 0 spiro atoms. The molecule has 0 radical (unpaired) electrons. The zero-order valence-corrected chi connectivity index (χ0v) is 59.8. The second-order valence-electron chi connectivity index (χ2n) is 27.8. The van der Waals surface area contributed by atoms with Gasteiger partial charge in [0, 0.05) is 6.42 Å². The van der Waals surface area contributed by atoms with Gasteiger partial charge < -0.3 is 65.1 Å². The Morgan fingerprint density at radius 1 is 0.398 bits per heavy atom. The number of allylic oxidation sites excluding steroid dienone is 8. The minimum absolute atomic E-state index is 0.201. The lowest BCUT2D eigenvalue weighted by atomic mass is 9.97. The predicted molar refractivity (Wildman–Crippen MR) is 383 cm³/mol. The molecule has 2 saturated heterocycles. The fourth-order valence-corrected chi connectivity index (χ4v) is 13.1. The van der Waals surface area contributed by atoms with Gasteiger partial charge in [0.2, 0.25) is 5.91 Å². The van der Waals surface area contributed by atoms with E-state index in [1.807, 2.05) is 0 Å². The fourth-order valence-electron chi connectivity index (χ4n) is 13.1. The van der Waals surface area contributed by atoms with Gasteiger partial charge in [-0.1, -0.05) is 345 Å². The van der Waals surface area contributed by atoms with Crippen LogP contribution in [0.4, 0.5) is 0 Å². The molecule has 0 aromatic rings. The first-order valence-corrected chi connectivity index (χ1v) is 39.4. The first kappa shape index (κ1) is 87.0. The summed E-state index contributed by atoms with van der Waals surface area (Å²) in [5.74, 6) is -0.201. The Morgan fingerprint density at radius 3 is 1.14 bits per heavy atom. The molecule has 1 amide bonds. The molecule has 0 saturated carbocycles. The third-order valence-electron chi connectivity index (χ3n) is 19.3. The number of nitrogens with one attached hydrogen (secondary N) is 1. The van der Waals surface area contributed by atoms with Crippen LogP contribution in [0.15, 0.2) is 48.6 Å². The maximum atomic E-state index is 13.4. The van der Waals surface area contributed by atoms with Crippen molar-refractivity contribution in [2.75, 3.05) is 19.8 Å². The maximum Gasteiger partial charge on any atom is 0.220 e. The Hall–Kier alpha value is -2.05. The highest BCUT2D eigenvalue weighted by molar-refractivity contribution is 5.76. The Morgan fingerprint density at radius 2 is 0.742 bits per heavy atom. The van der Waals surface area contributed by atoms with E-state index in [0.717, 1.165) is 77.0 Å². The van der Waals surface area contributed by atoms with Crippen molar-refractivity contribution in [3.63, 3.8) is 0 Å². The molecule has 0 aliphatic carbocycles.